The highest BCUT2D eigenvalue weighted by Crippen LogP contribution is 2.38. The smallest absolute Gasteiger partial charge is 0.444 e. The Kier molecular flexibility index (Phi) is 5.98. The number of para-hydroxylation sites is 1. The van der Waals surface area contributed by atoms with Crippen molar-refractivity contribution < 1.29 is 18.8 Å². The minimum atomic E-state index is -0.624. The van der Waals surface area contributed by atoms with E-state index in [-0.39, 0.29) is 6.09 Å². The van der Waals surface area contributed by atoms with Crippen molar-refractivity contribution in [2.24, 2.45) is 5.41 Å². The first-order valence-corrected chi connectivity index (χ1v) is 12.0. The summed E-state index contributed by atoms with van der Waals surface area (Å²) in [6.07, 6.45) is 0.789. The van der Waals surface area contributed by atoms with Crippen LogP contribution in [0.15, 0.2) is 24.3 Å². The molecule has 0 bridgehead atoms. The van der Waals surface area contributed by atoms with Crippen molar-refractivity contribution in [3.05, 3.63) is 24.3 Å². The zero-order valence-electron chi connectivity index (χ0n) is 21.3. The molecule has 34 heavy (non-hydrogen) atoms. The molecule has 0 spiro atoms. The van der Waals surface area contributed by atoms with Gasteiger partial charge in [-0.15, -0.1) is 0 Å². The van der Waals surface area contributed by atoms with Crippen LogP contribution < -0.4 is 5.59 Å². The minimum absolute atomic E-state index is 0.327. The number of hydrogen-bond donors (Lipinski definition) is 0. The average Bonchev–Trinajstić information content (AvgIpc) is 3.20. The summed E-state index contributed by atoms with van der Waals surface area (Å²) < 4.78 is 20.0. The van der Waals surface area contributed by atoms with Gasteiger partial charge >= 0.3 is 13.2 Å². The zero-order valence-corrected chi connectivity index (χ0v) is 21.3. The van der Waals surface area contributed by atoms with Gasteiger partial charge in [-0.2, -0.15) is 10.4 Å². The van der Waals surface area contributed by atoms with Crippen molar-refractivity contribution in [2.45, 2.75) is 84.7 Å². The van der Waals surface area contributed by atoms with Gasteiger partial charge in [0.05, 0.1) is 34.7 Å². The molecule has 1 aromatic carbocycles. The maximum atomic E-state index is 12.5. The normalized spacial score (nSPS) is 21.5. The Morgan fingerprint density at radius 1 is 1.15 bits per heavy atom. The summed E-state index contributed by atoms with van der Waals surface area (Å²) >= 11 is 0. The van der Waals surface area contributed by atoms with Crippen molar-refractivity contribution in [2.75, 3.05) is 13.1 Å². The van der Waals surface area contributed by atoms with Gasteiger partial charge < -0.3 is 18.9 Å². The topological polar surface area (TPSA) is 89.6 Å². The lowest BCUT2D eigenvalue weighted by atomic mass is 9.79. The van der Waals surface area contributed by atoms with Gasteiger partial charge in [0.1, 0.15) is 11.2 Å². The zero-order chi connectivity index (χ0) is 24.9. The Bertz CT molecular complexity index is 1100. The molecule has 0 unspecified atom stereocenters. The number of carbonyl (C=O) groups excluding carboxylic acids is 1. The Balaban J connectivity index is 1.57. The Labute approximate surface area is 202 Å². The second kappa shape index (κ2) is 8.28. The van der Waals surface area contributed by atoms with Gasteiger partial charge in [0.15, 0.2) is 0 Å². The van der Waals surface area contributed by atoms with Crippen LogP contribution in [-0.4, -0.2) is 57.8 Å². The number of benzene rings is 1. The minimum Gasteiger partial charge on any atom is -0.444 e. The van der Waals surface area contributed by atoms with Gasteiger partial charge in [-0.05, 0) is 67.4 Å². The van der Waals surface area contributed by atoms with Crippen LogP contribution >= 0.6 is 0 Å². The molecule has 9 heteroatoms. The number of hydrogen-bond acceptors (Lipinski definition) is 6. The Morgan fingerprint density at radius 2 is 1.74 bits per heavy atom. The summed E-state index contributed by atoms with van der Waals surface area (Å²) in [5.41, 5.74) is -0.431. The van der Waals surface area contributed by atoms with E-state index < -0.39 is 29.3 Å². The van der Waals surface area contributed by atoms with Gasteiger partial charge in [0.2, 0.25) is 0 Å². The third-order valence-electron chi connectivity index (χ3n) is 7.22. The fraction of sp³-hybridized carbons (Fsp3) is 0.640. The van der Waals surface area contributed by atoms with Crippen molar-refractivity contribution in [3.63, 3.8) is 0 Å². The first kappa shape index (κ1) is 24.6. The van der Waals surface area contributed by atoms with E-state index in [1.165, 1.54) is 0 Å². The quantitative estimate of drug-likeness (QED) is 0.638. The van der Waals surface area contributed by atoms with E-state index >= 15 is 0 Å². The molecular weight excluding hydrogens is 431 g/mol. The number of nitriles is 1. The number of carbonyl (C=O) groups is 1. The molecule has 0 saturated carbocycles. The molecule has 3 heterocycles. The van der Waals surface area contributed by atoms with E-state index in [1.807, 2.05) is 77.4 Å². The van der Waals surface area contributed by atoms with Crippen LogP contribution in [0, 0.1) is 16.7 Å². The predicted molar refractivity (Wildman–Crippen MR) is 131 cm³/mol. The number of amides is 1. The molecule has 1 aromatic heterocycles. The van der Waals surface area contributed by atoms with Gasteiger partial charge in [-0.25, -0.2) is 4.79 Å². The molecule has 4 rings (SSSR count). The molecular formula is C25H35BN4O4. The lowest BCUT2D eigenvalue weighted by Crippen LogP contribution is -2.46. The highest BCUT2D eigenvalue weighted by atomic mass is 16.7. The van der Waals surface area contributed by atoms with Gasteiger partial charge in [-0.1, -0.05) is 18.2 Å². The maximum absolute atomic E-state index is 12.5. The second-order valence-electron chi connectivity index (χ2n) is 11.5. The van der Waals surface area contributed by atoms with Crippen molar-refractivity contribution in [1.82, 2.24) is 14.7 Å². The van der Waals surface area contributed by atoms with Crippen molar-refractivity contribution in [3.8, 4) is 6.07 Å². The summed E-state index contributed by atoms with van der Waals surface area (Å²) in [6.45, 7) is 15.1. The van der Waals surface area contributed by atoms with Crippen LogP contribution in [0.5, 0.6) is 0 Å². The summed E-state index contributed by atoms with van der Waals surface area (Å²) in [5, 5.41) is 16.0. The number of ether oxygens (including phenoxy) is 1. The monoisotopic (exact) mass is 466 g/mol. The fourth-order valence-electron chi connectivity index (χ4n) is 4.44. The largest absolute Gasteiger partial charge is 0.517 e. The second-order valence-corrected chi connectivity index (χ2v) is 11.5. The first-order chi connectivity index (χ1) is 15.8. The lowest BCUT2D eigenvalue weighted by molar-refractivity contribution is 0.00578. The highest BCUT2D eigenvalue weighted by molar-refractivity contribution is 6.64. The third-order valence-corrected chi connectivity index (χ3v) is 7.22. The van der Waals surface area contributed by atoms with E-state index in [0.717, 1.165) is 16.5 Å². The highest BCUT2D eigenvalue weighted by Gasteiger charge is 2.53. The third kappa shape index (κ3) is 4.54. The number of nitrogens with zero attached hydrogens (tertiary/aromatic N) is 4. The van der Waals surface area contributed by atoms with Crippen LogP contribution in [0.1, 0.15) is 61.3 Å². The SMILES string of the molecule is CC(C)(C)OC(=O)N1CCC(C#N)(Cn2nc(B3OC(C)(C)C(C)(C)O3)c3ccccc32)CC1. The molecule has 2 aliphatic heterocycles. The standard InChI is InChI=1S/C25H35BN4O4/c1-22(2,3)32-21(31)29-14-12-25(16-27,13-15-29)17-30-19-11-9-8-10-18(19)20(28-30)26-33-23(4,5)24(6,7)34-26/h8-11H,12-15,17H2,1-7H3. The van der Waals surface area contributed by atoms with Crippen LogP contribution in [0.25, 0.3) is 10.9 Å². The molecule has 0 atom stereocenters. The van der Waals surface area contributed by atoms with E-state index in [1.54, 1.807) is 4.90 Å². The number of aromatic nitrogens is 2. The van der Waals surface area contributed by atoms with Gasteiger partial charge in [0, 0.05) is 18.5 Å². The maximum Gasteiger partial charge on any atom is 0.517 e. The van der Waals surface area contributed by atoms with E-state index in [0.29, 0.717) is 32.5 Å². The predicted octanol–water partition coefficient (Wildman–Crippen LogP) is 3.88. The molecule has 2 saturated heterocycles. The average molecular weight is 466 g/mol. The molecule has 182 valence electrons. The van der Waals surface area contributed by atoms with Crippen LogP contribution in [0.2, 0.25) is 0 Å². The molecule has 0 aliphatic carbocycles. The van der Waals surface area contributed by atoms with E-state index in [9.17, 15) is 10.1 Å². The first-order valence-electron chi connectivity index (χ1n) is 12.0. The van der Waals surface area contributed by atoms with Crippen LogP contribution in [0.3, 0.4) is 0 Å². The lowest BCUT2D eigenvalue weighted by Gasteiger charge is -2.37. The molecule has 2 aromatic rings. The van der Waals surface area contributed by atoms with Gasteiger partial charge in [-0.3, -0.25) is 4.68 Å². The molecule has 0 radical (unpaired) electrons. The summed E-state index contributed by atoms with van der Waals surface area (Å²) in [4.78, 5) is 14.2. The molecule has 0 N–H and O–H groups in total. The van der Waals surface area contributed by atoms with Crippen LogP contribution in [0.4, 0.5) is 4.79 Å². The summed E-state index contributed by atoms with van der Waals surface area (Å²) in [6, 6.07) is 10.5. The van der Waals surface area contributed by atoms with E-state index in [2.05, 4.69) is 6.07 Å². The summed E-state index contributed by atoms with van der Waals surface area (Å²) in [5.74, 6) is 0. The van der Waals surface area contributed by atoms with Gasteiger partial charge in [0.25, 0.3) is 0 Å². The van der Waals surface area contributed by atoms with E-state index in [4.69, 9.17) is 19.1 Å². The van der Waals surface area contributed by atoms with Crippen molar-refractivity contribution >= 4 is 29.7 Å². The molecule has 8 nitrogen and oxygen atoms in total. The Hall–Kier alpha value is -2.57. The number of rotatable bonds is 3. The number of fused-ring (bicyclic) bond motifs is 1. The molecule has 2 fully saturated rings. The molecule has 1 amide bonds. The van der Waals surface area contributed by atoms with Crippen LogP contribution in [-0.2, 0) is 20.6 Å². The number of piperidine rings is 1. The fourth-order valence-corrected chi connectivity index (χ4v) is 4.44. The van der Waals surface area contributed by atoms with Crippen molar-refractivity contribution in [1.29, 1.82) is 5.26 Å². The number of likely N-dealkylation sites (tertiary alicyclic amines) is 1. The molecule has 2 aliphatic rings. The summed E-state index contributed by atoms with van der Waals surface area (Å²) in [7, 11) is -0.580. The Morgan fingerprint density at radius 3 is 2.29 bits per heavy atom.